The SMILES string of the molecule is CNC1CN(c2ccc3c(c2)Cn2cc(-c4ccc(F)cc4)cc2-c2nccn2-3)C[C@H]1CO. The normalized spacial score (nSPS) is 19.2. The lowest BCUT2D eigenvalue weighted by atomic mass is 10.1. The van der Waals surface area contributed by atoms with Crippen LogP contribution in [0.4, 0.5) is 10.1 Å². The van der Waals surface area contributed by atoms with Crippen LogP contribution in [0.2, 0.25) is 0 Å². The van der Waals surface area contributed by atoms with Gasteiger partial charge in [-0.3, -0.25) is 4.57 Å². The van der Waals surface area contributed by atoms with Gasteiger partial charge in [0.05, 0.1) is 11.4 Å². The number of halogens is 1. The summed E-state index contributed by atoms with van der Waals surface area (Å²) in [4.78, 5) is 7.01. The van der Waals surface area contributed by atoms with E-state index >= 15 is 0 Å². The number of nitrogens with one attached hydrogen (secondary N) is 1. The number of rotatable bonds is 4. The average molecular weight is 444 g/mol. The van der Waals surface area contributed by atoms with Crippen molar-refractivity contribution < 1.29 is 9.50 Å². The Hall–Kier alpha value is -3.42. The number of benzene rings is 2. The van der Waals surface area contributed by atoms with E-state index in [1.807, 2.05) is 31.6 Å². The van der Waals surface area contributed by atoms with Crippen LogP contribution in [0.3, 0.4) is 0 Å². The van der Waals surface area contributed by atoms with Crippen molar-refractivity contribution in [3.63, 3.8) is 0 Å². The molecule has 0 radical (unpaired) electrons. The summed E-state index contributed by atoms with van der Waals surface area (Å²) in [7, 11) is 1.96. The van der Waals surface area contributed by atoms with Crippen LogP contribution >= 0.6 is 0 Å². The highest BCUT2D eigenvalue weighted by Crippen LogP contribution is 2.36. The molecule has 0 amide bonds. The van der Waals surface area contributed by atoms with Crippen LogP contribution in [-0.2, 0) is 6.54 Å². The van der Waals surface area contributed by atoms with E-state index in [-0.39, 0.29) is 24.4 Å². The van der Waals surface area contributed by atoms with Crippen molar-refractivity contribution in [2.24, 2.45) is 5.92 Å². The predicted octanol–water partition coefficient (Wildman–Crippen LogP) is 3.53. The number of aliphatic hydroxyl groups is 1. The molecular weight excluding hydrogens is 417 g/mol. The summed E-state index contributed by atoms with van der Waals surface area (Å²) >= 11 is 0. The lowest BCUT2D eigenvalue weighted by molar-refractivity contribution is 0.219. The number of imidazole rings is 1. The second kappa shape index (κ2) is 7.86. The topological polar surface area (TPSA) is 58.2 Å². The molecule has 2 N–H and O–H groups in total. The number of nitrogens with zero attached hydrogens (tertiary/aromatic N) is 4. The molecule has 33 heavy (non-hydrogen) atoms. The molecule has 2 aliphatic rings. The van der Waals surface area contributed by atoms with Gasteiger partial charge in [0.25, 0.3) is 0 Å². The molecule has 0 saturated carbocycles. The third kappa shape index (κ3) is 3.35. The highest BCUT2D eigenvalue weighted by Gasteiger charge is 2.32. The van der Waals surface area contributed by atoms with Crippen molar-refractivity contribution in [2.45, 2.75) is 12.6 Å². The van der Waals surface area contributed by atoms with Crippen LogP contribution in [0.15, 0.2) is 67.1 Å². The van der Waals surface area contributed by atoms with Crippen LogP contribution in [0.1, 0.15) is 5.56 Å². The average Bonchev–Trinajstić information content (AvgIpc) is 3.56. The van der Waals surface area contributed by atoms with Gasteiger partial charge in [0.15, 0.2) is 5.82 Å². The monoisotopic (exact) mass is 443 g/mol. The maximum absolute atomic E-state index is 13.4. The highest BCUT2D eigenvalue weighted by atomic mass is 19.1. The Balaban J connectivity index is 1.40. The summed E-state index contributed by atoms with van der Waals surface area (Å²) in [6.07, 6.45) is 5.96. The number of hydrogen-bond donors (Lipinski definition) is 2. The first kappa shape index (κ1) is 20.2. The lowest BCUT2D eigenvalue weighted by Crippen LogP contribution is -2.34. The first-order valence-corrected chi connectivity index (χ1v) is 11.3. The van der Waals surface area contributed by atoms with Gasteiger partial charge in [0, 0.05) is 68.0 Å². The first-order chi connectivity index (χ1) is 16.1. The number of fused-ring (bicyclic) bond motifs is 5. The van der Waals surface area contributed by atoms with Gasteiger partial charge >= 0.3 is 0 Å². The number of anilines is 1. The molecule has 7 heteroatoms. The summed E-state index contributed by atoms with van der Waals surface area (Å²) < 4.78 is 17.8. The van der Waals surface area contributed by atoms with Gasteiger partial charge in [0.1, 0.15) is 5.82 Å². The molecule has 168 valence electrons. The Labute approximate surface area is 191 Å². The van der Waals surface area contributed by atoms with Gasteiger partial charge in [0.2, 0.25) is 0 Å². The quantitative estimate of drug-likeness (QED) is 0.446. The molecule has 4 aromatic rings. The van der Waals surface area contributed by atoms with Crippen LogP contribution in [0.5, 0.6) is 0 Å². The van der Waals surface area contributed by atoms with Gasteiger partial charge in [-0.1, -0.05) is 12.1 Å². The summed E-state index contributed by atoms with van der Waals surface area (Å²) in [5.41, 5.74) is 6.56. The Morgan fingerprint density at radius 3 is 2.70 bits per heavy atom. The van der Waals surface area contributed by atoms with E-state index in [1.165, 1.54) is 23.4 Å². The van der Waals surface area contributed by atoms with Gasteiger partial charge in [-0.25, -0.2) is 9.37 Å². The zero-order valence-electron chi connectivity index (χ0n) is 18.4. The molecule has 1 saturated heterocycles. The van der Waals surface area contributed by atoms with Crippen LogP contribution < -0.4 is 10.2 Å². The number of hydrogen-bond acceptors (Lipinski definition) is 4. The largest absolute Gasteiger partial charge is 0.396 e. The molecule has 0 spiro atoms. The fourth-order valence-corrected chi connectivity index (χ4v) is 5.22. The summed E-state index contributed by atoms with van der Waals surface area (Å²) in [5.74, 6) is 0.886. The molecule has 2 aromatic carbocycles. The van der Waals surface area contributed by atoms with Crippen molar-refractivity contribution in [2.75, 3.05) is 31.6 Å². The zero-order chi connectivity index (χ0) is 22.5. The lowest BCUT2D eigenvalue weighted by Gasteiger charge is -2.21. The number of likely N-dealkylation sites (N-methyl/N-ethyl adjacent to an activating group) is 1. The molecule has 0 aliphatic carbocycles. The maximum atomic E-state index is 13.4. The van der Waals surface area contributed by atoms with Gasteiger partial charge < -0.3 is 19.9 Å². The van der Waals surface area contributed by atoms with E-state index in [4.69, 9.17) is 0 Å². The minimum atomic E-state index is -0.234. The minimum absolute atomic E-state index is 0.185. The Bertz CT molecular complexity index is 1300. The Morgan fingerprint density at radius 1 is 1.09 bits per heavy atom. The third-order valence-corrected chi connectivity index (χ3v) is 7.02. The van der Waals surface area contributed by atoms with E-state index < -0.39 is 0 Å². The molecule has 2 aliphatic heterocycles. The molecule has 1 unspecified atom stereocenters. The van der Waals surface area contributed by atoms with Crippen molar-refractivity contribution in [3.8, 4) is 28.3 Å². The van der Waals surface area contributed by atoms with E-state index in [9.17, 15) is 9.50 Å². The van der Waals surface area contributed by atoms with E-state index in [0.717, 1.165) is 48.0 Å². The molecule has 6 rings (SSSR count). The highest BCUT2D eigenvalue weighted by molar-refractivity contribution is 5.72. The third-order valence-electron chi connectivity index (χ3n) is 7.02. The van der Waals surface area contributed by atoms with E-state index in [2.05, 4.69) is 54.8 Å². The molecule has 0 bridgehead atoms. The standard InChI is InChI=1S/C26H26FN5O/c1-28-23-15-30(14-20(23)16-33)22-6-7-24-19(10-22)13-31-12-18(17-2-4-21(27)5-3-17)11-25(31)26-29-8-9-32(24)26/h2-12,20,23,28,33H,13-16H2,1H3/t20-,23?/m0/s1. The smallest absolute Gasteiger partial charge is 0.161 e. The van der Waals surface area contributed by atoms with Crippen LogP contribution in [0, 0.1) is 11.7 Å². The molecule has 4 heterocycles. The molecular formula is C26H26FN5O. The summed E-state index contributed by atoms with van der Waals surface area (Å²) in [6, 6.07) is 15.6. The van der Waals surface area contributed by atoms with Gasteiger partial charge in [-0.15, -0.1) is 0 Å². The molecule has 1 fully saturated rings. The van der Waals surface area contributed by atoms with Crippen LogP contribution in [-0.4, -0.2) is 52.0 Å². The van der Waals surface area contributed by atoms with Crippen molar-refractivity contribution in [1.82, 2.24) is 19.4 Å². The van der Waals surface area contributed by atoms with Crippen molar-refractivity contribution >= 4 is 5.69 Å². The predicted molar refractivity (Wildman–Crippen MR) is 127 cm³/mol. The molecule has 2 atom stereocenters. The van der Waals surface area contributed by atoms with E-state index in [1.54, 1.807) is 0 Å². The van der Waals surface area contributed by atoms with E-state index in [0.29, 0.717) is 0 Å². The van der Waals surface area contributed by atoms with Gasteiger partial charge in [-0.05, 0) is 54.6 Å². The Morgan fingerprint density at radius 2 is 1.94 bits per heavy atom. The zero-order valence-corrected chi connectivity index (χ0v) is 18.4. The number of aromatic nitrogens is 3. The van der Waals surface area contributed by atoms with Crippen molar-refractivity contribution in [1.29, 1.82) is 0 Å². The fourth-order valence-electron chi connectivity index (χ4n) is 5.22. The second-order valence-corrected chi connectivity index (χ2v) is 8.93. The van der Waals surface area contributed by atoms with Gasteiger partial charge in [-0.2, -0.15) is 0 Å². The minimum Gasteiger partial charge on any atom is -0.396 e. The summed E-state index contributed by atoms with van der Waals surface area (Å²) in [5, 5.41) is 13.1. The molecule has 6 nitrogen and oxygen atoms in total. The van der Waals surface area contributed by atoms with Crippen molar-refractivity contribution in [3.05, 3.63) is 78.5 Å². The summed E-state index contributed by atoms with van der Waals surface area (Å²) in [6.45, 7) is 2.61. The fraction of sp³-hybridized carbons (Fsp3) is 0.269. The maximum Gasteiger partial charge on any atom is 0.161 e. The number of aliphatic hydroxyl groups excluding tert-OH is 1. The second-order valence-electron chi connectivity index (χ2n) is 8.93. The first-order valence-electron chi connectivity index (χ1n) is 11.3. The van der Waals surface area contributed by atoms with Crippen LogP contribution in [0.25, 0.3) is 28.3 Å². The molecule has 2 aromatic heterocycles. The Kier molecular flexibility index (Phi) is 4.81.